The van der Waals surface area contributed by atoms with Crippen molar-refractivity contribution in [1.29, 1.82) is 0 Å². The SMILES string of the molecule is Cc1cc(Cl)c(Cl)cc1C1(N)CCCC1. The van der Waals surface area contributed by atoms with Gasteiger partial charge in [-0.2, -0.15) is 0 Å². The van der Waals surface area contributed by atoms with Crippen LogP contribution in [-0.2, 0) is 5.54 Å². The van der Waals surface area contributed by atoms with E-state index in [0.29, 0.717) is 10.0 Å². The minimum absolute atomic E-state index is 0.182. The van der Waals surface area contributed by atoms with Crippen LogP contribution in [0.5, 0.6) is 0 Å². The average Bonchev–Trinajstić information content (AvgIpc) is 2.60. The first kappa shape index (κ1) is 11.3. The van der Waals surface area contributed by atoms with Crippen molar-refractivity contribution in [3.05, 3.63) is 33.3 Å². The molecule has 2 N–H and O–H groups in total. The molecule has 0 atom stereocenters. The molecule has 1 saturated carbocycles. The third-order valence-electron chi connectivity index (χ3n) is 3.30. The molecule has 0 unspecified atom stereocenters. The van der Waals surface area contributed by atoms with Gasteiger partial charge in [-0.1, -0.05) is 36.0 Å². The Morgan fingerprint density at radius 1 is 1.13 bits per heavy atom. The first-order valence-corrected chi connectivity index (χ1v) is 6.03. The Balaban J connectivity index is 2.48. The monoisotopic (exact) mass is 243 g/mol. The average molecular weight is 244 g/mol. The molecule has 0 bridgehead atoms. The largest absolute Gasteiger partial charge is 0.321 e. The highest BCUT2D eigenvalue weighted by Gasteiger charge is 2.32. The maximum Gasteiger partial charge on any atom is 0.0595 e. The molecule has 0 radical (unpaired) electrons. The maximum atomic E-state index is 6.40. The predicted molar refractivity (Wildman–Crippen MR) is 65.5 cm³/mol. The van der Waals surface area contributed by atoms with E-state index in [2.05, 4.69) is 0 Å². The summed E-state index contributed by atoms with van der Waals surface area (Å²) in [5, 5.41) is 1.22. The third-order valence-corrected chi connectivity index (χ3v) is 4.02. The fourth-order valence-corrected chi connectivity index (χ4v) is 2.84. The van der Waals surface area contributed by atoms with Gasteiger partial charge in [-0.25, -0.2) is 0 Å². The number of halogens is 2. The van der Waals surface area contributed by atoms with Gasteiger partial charge in [0.05, 0.1) is 10.0 Å². The van der Waals surface area contributed by atoms with Gasteiger partial charge in [0.1, 0.15) is 0 Å². The zero-order valence-corrected chi connectivity index (χ0v) is 10.3. The summed E-state index contributed by atoms with van der Waals surface area (Å²) in [7, 11) is 0. The summed E-state index contributed by atoms with van der Waals surface area (Å²) in [6, 6.07) is 3.84. The summed E-state index contributed by atoms with van der Waals surface area (Å²) in [6.07, 6.45) is 4.50. The van der Waals surface area contributed by atoms with Crippen LogP contribution in [0.2, 0.25) is 10.0 Å². The second-order valence-electron chi connectivity index (χ2n) is 4.44. The van der Waals surface area contributed by atoms with Crippen LogP contribution in [0.4, 0.5) is 0 Å². The van der Waals surface area contributed by atoms with Gasteiger partial charge in [-0.15, -0.1) is 0 Å². The Kier molecular flexibility index (Phi) is 2.98. The van der Waals surface area contributed by atoms with Gasteiger partial charge in [0, 0.05) is 5.54 Å². The lowest BCUT2D eigenvalue weighted by Crippen LogP contribution is -2.33. The predicted octanol–water partition coefficient (Wildman–Crippen LogP) is 4.03. The molecule has 2 rings (SSSR count). The first-order valence-electron chi connectivity index (χ1n) is 5.28. The van der Waals surface area contributed by atoms with E-state index in [-0.39, 0.29) is 5.54 Å². The lowest BCUT2D eigenvalue weighted by Gasteiger charge is -2.26. The van der Waals surface area contributed by atoms with Gasteiger partial charge in [0.25, 0.3) is 0 Å². The van der Waals surface area contributed by atoms with Gasteiger partial charge in [0.2, 0.25) is 0 Å². The molecule has 1 nitrogen and oxygen atoms in total. The zero-order valence-electron chi connectivity index (χ0n) is 8.82. The van der Waals surface area contributed by atoms with Gasteiger partial charge in [0.15, 0.2) is 0 Å². The van der Waals surface area contributed by atoms with Crippen molar-refractivity contribution in [2.24, 2.45) is 5.73 Å². The van der Waals surface area contributed by atoms with Crippen LogP contribution in [-0.4, -0.2) is 0 Å². The molecular formula is C12H15Cl2N. The minimum Gasteiger partial charge on any atom is -0.321 e. The molecule has 1 aromatic carbocycles. The molecule has 0 heterocycles. The van der Waals surface area contributed by atoms with Crippen LogP contribution in [0.1, 0.15) is 36.8 Å². The van der Waals surface area contributed by atoms with E-state index in [9.17, 15) is 0 Å². The quantitative estimate of drug-likeness (QED) is 0.792. The number of nitrogens with two attached hydrogens (primary N) is 1. The smallest absolute Gasteiger partial charge is 0.0595 e. The highest BCUT2D eigenvalue weighted by molar-refractivity contribution is 6.42. The molecule has 0 spiro atoms. The molecule has 0 aromatic heterocycles. The van der Waals surface area contributed by atoms with Crippen molar-refractivity contribution in [1.82, 2.24) is 0 Å². The summed E-state index contributed by atoms with van der Waals surface area (Å²) >= 11 is 12.0. The van der Waals surface area contributed by atoms with Crippen molar-refractivity contribution in [2.75, 3.05) is 0 Å². The topological polar surface area (TPSA) is 26.0 Å². The van der Waals surface area contributed by atoms with Gasteiger partial charge in [-0.3, -0.25) is 0 Å². The Hall–Kier alpha value is -0.240. The fourth-order valence-electron chi connectivity index (χ4n) is 2.46. The molecule has 0 amide bonds. The van der Waals surface area contributed by atoms with Crippen molar-refractivity contribution < 1.29 is 0 Å². The molecule has 3 heteroatoms. The second-order valence-corrected chi connectivity index (χ2v) is 5.26. The van der Waals surface area contributed by atoms with E-state index in [4.69, 9.17) is 28.9 Å². The van der Waals surface area contributed by atoms with E-state index in [0.717, 1.165) is 24.0 Å². The number of aryl methyl sites for hydroxylation is 1. The molecule has 82 valence electrons. The zero-order chi connectivity index (χ0) is 11.1. The Bertz CT molecular complexity index is 381. The minimum atomic E-state index is -0.182. The Labute approximate surface area is 101 Å². The van der Waals surface area contributed by atoms with E-state index in [1.54, 1.807) is 0 Å². The molecule has 0 aliphatic heterocycles. The summed E-state index contributed by atoms with van der Waals surface area (Å²) in [5.41, 5.74) is 8.52. The molecule has 1 fully saturated rings. The van der Waals surface area contributed by atoms with E-state index in [1.807, 2.05) is 19.1 Å². The van der Waals surface area contributed by atoms with Crippen molar-refractivity contribution in [3.8, 4) is 0 Å². The summed E-state index contributed by atoms with van der Waals surface area (Å²) in [4.78, 5) is 0. The standard InChI is InChI=1S/C12H15Cl2N/c1-8-6-10(13)11(14)7-9(8)12(15)4-2-3-5-12/h6-7H,2-5,15H2,1H3. The lowest BCUT2D eigenvalue weighted by molar-refractivity contribution is 0.459. The number of benzene rings is 1. The normalized spacial score (nSPS) is 19.5. The van der Waals surface area contributed by atoms with Crippen LogP contribution < -0.4 is 5.73 Å². The number of hydrogen-bond acceptors (Lipinski definition) is 1. The Morgan fingerprint density at radius 2 is 1.67 bits per heavy atom. The first-order chi connectivity index (χ1) is 7.03. The van der Waals surface area contributed by atoms with Crippen LogP contribution >= 0.6 is 23.2 Å². The summed E-state index contributed by atoms with van der Waals surface area (Å²) in [6.45, 7) is 2.05. The molecule has 1 aromatic rings. The third kappa shape index (κ3) is 2.01. The molecule has 1 aliphatic rings. The van der Waals surface area contributed by atoms with Gasteiger partial charge >= 0.3 is 0 Å². The fraction of sp³-hybridized carbons (Fsp3) is 0.500. The second kappa shape index (κ2) is 3.97. The van der Waals surface area contributed by atoms with Crippen molar-refractivity contribution in [2.45, 2.75) is 38.1 Å². The summed E-state index contributed by atoms with van der Waals surface area (Å²) < 4.78 is 0. The van der Waals surface area contributed by atoms with E-state index < -0.39 is 0 Å². The van der Waals surface area contributed by atoms with E-state index >= 15 is 0 Å². The Morgan fingerprint density at radius 3 is 2.27 bits per heavy atom. The summed E-state index contributed by atoms with van der Waals surface area (Å²) in [5.74, 6) is 0. The van der Waals surface area contributed by atoms with Gasteiger partial charge in [-0.05, 0) is 43.0 Å². The van der Waals surface area contributed by atoms with Crippen LogP contribution in [0.3, 0.4) is 0 Å². The van der Waals surface area contributed by atoms with E-state index in [1.165, 1.54) is 12.8 Å². The maximum absolute atomic E-state index is 6.40. The van der Waals surface area contributed by atoms with Crippen LogP contribution in [0.15, 0.2) is 12.1 Å². The van der Waals surface area contributed by atoms with Gasteiger partial charge < -0.3 is 5.73 Å². The molecule has 0 saturated heterocycles. The highest BCUT2D eigenvalue weighted by Crippen LogP contribution is 2.40. The highest BCUT2D eigenvalue weighted by atomic mass is 35.5. The molecule has 1 aliphatic carbocycles. The number of rotatable bonds is 1. The van der Waals surface area contributed by atoms with Crippen molar-refractivity contribution >= 4 is 23.2 Å². The van der Waals surface area contributed by atoms with Crippen LogP contribution in [0, 0.1) is 6.92 Å². The lowest BCUT2D eigenvalue weighted by atomic mass is 9.86. The molecular weight excluding hydrogens is 229 g/mol. The van der Waals surface area contributed by atoms with Crippen LogP contribution in [0.25, 0.3) is 0 Å². The number of hydrogen-bond donors (Lipinski definition) is 1. The van der Waals surface area contributed by atoms with Crippen molar-refractivity contribution in [3.63, 3.8) is 0 Å². The molecule has 15 heavy (non-hydrogen) atoms.